The fourth-order valence-corrected chi connectivity index (χ4v) is 3.66. The van der Waals surface area contributed by atoms with Gasteiger partial charge in [-0.1, -0.05) is 29.8 Å². The molecular weight excluding hydrogens is 407 g/mol. The Morgan fingerprint density at radius 3 is 1.81 bits per heavy atom. The van der Waals surface area contributed by atoms with Crippen LogP contribution in [0, 0.1) is 26.9 Å². The summed E-state index contributed by atoms with van der Waals surface area (Å²) in [5.41, 5.74) is 6.01. The Hall–Kier alpha value is -1.36. The van der Waals surface area contributed by atoms with E-state index in [1.54, 1.807) is 0 Å². The van der Waals surface area contributed by atoms with Crippen LogP contribution in [0.4, 0.5) is 0 Å². The van der Waals surface area contributed by atoms with Crippen LogP contribution in [-0.2, 0) is 44.9 Å². The van der Waals surface area contributed by atoms with Crippen LogP contribution < -0.4 is 0 Å². The van der Waals surface area contributed by atoms with E-state index in [9.17, 15) is 4.57 Å². The van der Waals surface area contributed by atoms with Gasteiger partial charge in [0, 0.05) is 17.4 Å². The third-order valence-electron chi connectivity index (χ3n) is 2.53. The van der Waals surface area contributed by atoms with Crippen molar-refractivity contribution in [3.8, 4) is 0 Å². The molecule has 1 aromatic carbocycles. The first kappa shape index (κ1) is 33.2. The fraction of sp³-hybridized carbons (Fsp3) is 0.368. The molecule has 0 radical (unpaired) electrons. The van der Waals surface area contributed by atoms with E-state index in [1.807, 2.05) is 58.9 Å². The SMILES string of the molecule is CCOP(=O)(OCC)C(=C=C(C)C)c1cccc(C)c1.[C-]#[O+].[C-]#[O+].[C-]#[O+].[Cr]. The molecule has 0 aliphatic rings. The summed E-state index contributed by atoms with van der Waals surface area (Å²) in [5.74, 6) is 0. The second kappa shape index (κ2) is 20.9. The molecule has 0 saturated carbocycles. The topological polar surface area (TPSA) is 95.2 Å². The summed E-state index contributed by atoms with van der Waals surface area (Å²) in [6.07, 6.45) is 0. The molecule has 0 heterocycles. The molecule has 146 valence electrons. The average Bonchev–Trinajstić information content (AvgIpc) is 2.65. The van der Waals surface area contributed by atoms with Crippen molar-refractivity contribution in [3.63, 3.8) is 0 Å². The molecule has 0 aliphatic heterocycles. The van der Waals surface area contributed by atoms with Gasteiger partial charge in [-0.05, 0) is 45.8 Å². The van der Waals surface area contributed by atoms with E-state index in [4.69, 9.17) is 23.0 Å². The number of allylic oxidation sites excluding steroid dienone is 1. The van der Waals surface area contributed by atoms with Crippen LogP contribution in [0.3, 0.4) is 0 Å². The first-order valence-corrected chi connectivity index (χ1v) is 8.99. The van der Waals surface area contributed by atoms with Gasteiger partial charge in [0.15, 0.2) is 0 Å². The maximum Gasteiger partial charge on any atom is 0 e. The van der Waals surface area contributed by atoms with Crippen LogP contribution in [0.2, 0.25) is 0 Å². The number of hydrogen-bond donors (Lipinski definition) is 0. The Balaban J connectivity index is -0.000000342. The molecule has 1 aromatic rings. The molecule has 0 atom stereocenters. The van der Waals surface area contributed by atoms with Crippen molar-refractivity contribution in [2.24, 2.45) is 0 Å². The molecule has 27 heavy (non-hydrogen) atoms. The molecule has 1 rings (SSSR count). The van der Waals surface area contributed by atoms with Crippen molar-refractivity contribution in [3.05, 3.63) is 66.6 Å². The fourth-order valence-electron chi connectivity index (χ4n) is 1.83. The zero-order valence-corrected chi connectivity index (χ0v) is 18.2. The average molecular weight is 430 g/mol. The maximum atomic E-state index is 13.0. The Labute approximate surface area is 172 Å². The van der Waals surface area contributed by atoms with Crippen LogP contribution in [0.1, 0.15) is 38.8 Å². The largest absolute Gasteiger partial charge is 0 e. The van der Waals surface area contributed by atoms with E-state index in [2.05, 4.69) is 25.7 Å². The van der Waals surface area contributed by atoms with Gasteiger partial charge >= 0.3 is 41.5 Å². The second-order valence-electron chi connectivity index (χ2n) is 4.68. The van der Waals surface area contributed by atoms with Crippen molar-refractivity contribution in [1.82, 2.24) is 0 Å². The van der Waals surface area contributed by atoms with Gasteiger partial charge in [0.05, 0.1) is 13.2 Å². The van der Waals surface area contributed by atoms with Gasteiger partial charge in [-0.15, -0.1) is 5.73 Å². The molecule has 8 heteroatoms. The molecular formula is C19H23CrO6P. The molecule has 6 nitrogen and oxygen atoms in total. The van der Waals surface area contributed by atoms with Crippen molar-refractivity contribution in [1.29, 1.82) is 0 Å². The van der Waals surface area contributed by atoms with Crippen LogP contribution in [0.25, 0.3) is 5.31 Å². The quantitative estimate of drug-likeness (QED) is 0.273. The van der Waals surface area contributed by atoms with Crippen LogP contribution in [-0.4, -0.2) is 13.2 Å². The summed E-state index contributed by atoms with van der Waals surface area (Å²) in [7, 11) is -3.34. The van der Waals surface area contributed by atoms with E-state index in [-0.39, 0.29) is 17.4 Å². The van der Waals surface area contributed by atoms with Gasteiger partial charge in [-0.3, -0.25) is 4.57 Å². The molecule has 0 fully saturated rings. The van der Waals surface area contributed by atoms with Crippen molar-refractivity contribution >= 4 is 12.9 Å². The van der Waals surface area contributed by atoms with E-state index < -0.39 is 7.60 Å². The smallest absolute Gasteiger partial charge is 0 e. The third-order valence-corrected chi connectivity index (χ3v) is 4.65. The summed E-state index contributed by atoms with van der Waals surface area (Å²) in [5, 5.41) is 0.505. The first-order valence-electron chi connectivity index (χ1n) is 7.45. The molecule has 0 saturated heterocycles. The molecule has 0 spiro atoms. The first-order chi connectivity index (χ1) is 12.4. The predicted octanol–water partition coefficient (Wildman–Crippen LogP) is 5.05. The normalized spacial score (nSPS) is 8.41. The molecule has 0 unspecified atom stereocenters. The summed E-state index contributed by atoms with van der Waals surface area (Å²) < 4.78 is 46.4. The van der Waals surface area contributed by atoms with Gasteiger partial charge in [-0.2, -0.15) is 0 Å². The minimum absolute atomic E-state index is 0. The number of hydrogen-bond acceptors (Lipinski definition) is 3. The monoisotopic (exact) mass is 430 g/mol. The van der Waals surface area contributed by atoms with E-state index >= 15 is 0 Å². The Bertz CT molecular complexity index is 671. The molecule has 0 bridgehead atoms. The number of benzene rings is 1. The van der Waals surface area contributed by atoms with Gasteiger partial charge in [0.1, 0.15) is 5.31 Å². The Morgan fingerprint density at radius 2 is 1.48 bits per heavy atom. The Kier molecular flexibility index (Phi) is 25.8. The minimum Gasteiger partial charge on any atom is 0 e. The minimum atomic E-state index is -3.34. The van der Waals surface area contributed by atoms with Crippen molar-refractivity contribution in [2.75, 3.05) is 13.2 Å². The molecule has 0 aromatic heterocycles. The molecule has 0 amide bonds. The van der Waals surface area contributed by atoms with E-state index in [0.717, 1.165) is 16.7 Å². The van der Waals surface area contributed by atoms with E-state index in [0.29, 0.717) is 18.5 Å². The van der Waals surface area contributed by atoms with Crippen molar-refractivity contribution in [2.45, 2.75) is 34.6 Å². The van der Waals surface area contributed by atoms with E-state index in [1.165, 1.54) is 0 Å². The summed E-state index contributed by atoms with van der Waals surface area (Å²) in [6.45, 7) is 23.6. The zero-order valence-electron chi connectivity index (χ0n) is 16.0. The molecule has 0 N–H and O–H groups in total. The van der Waals surface area contributed by atoms with Crippen LogP contribution >= 0.6 is 7.60 Å². The van der Waals surface area contributed by atoms with Gasteiger partial charge in [0.2, 0.25) is 0 Å². The van der Waals surface area contributed by atoms with Gasteiger partial charge in [-0.25, -0.2) is 0 Å². The summed E-state index contributed by atoms with van der Waals surface area (Å²) in [6, 6.07) is 7.80. The van der Waals surface area contributed by atoms with Crippen LogP contribution in [0.15, 0.2) is 35.6 Å². The zero-order chi connectivity index (χ0) is 21.2. The molecule has 0 aliphatic carbocycles. The van der Waals surface area contributed by atoms with Gasteiger partial charge in [0.25, 0.3) is 0 Å². The van der Waals surface area contributed by atoms with Gasteiger partial charge < -0.3 is 9.05 Å². The maximum absolute atomic E-state index is 13.0. The third kappa shape index (κ3) is 13.5. The summed E-state index contributed by atoms with van der Waals surface area (Å²) in [4.78, 5) is 0. The summed E-state index contributed by atoms with van der Waals surface area (Å²) >= 11 is 0. The Morgan fingerprint density at radius 1 is 1.04 bits per heavy atom. The predicted molar refractivity (Wildman–Crippen MR) is 95.6 cm³/mol. The number of rotatable bonds is 6. The standard InChI is InChI=1S/C16H23O3P.3CO.Cr/c1-6-18-20(17,19-7-2)16(11-13(3)4)15-10-8-9-14(5)12-15;3*1-2;/h8-10,12H,6-7H2,1-5H3;;;;. The second-order valence-corrected chi connectivity index (χ2v) is 6.63. The number of aryl methyl sites for hydroxylation is 1. The van der Waals surface area contributed by atoms with Crippen LogP contribution in [0.5, 0.6) is 0 Å². The van der Waals surface area contributed by atoms with Crippen molar-refractivity contribution < 1.29 is 44.9 Å².